The highest BCUT2D eigenvalue weighted by molar-refractivity contribution is 6.39. The molecule has 3 aliphatic heterocycles. The number of hydrogen-bond acceptors (Lipinski definition) is 4. The van der Waals surface area contributed by atoms with E-state index in [0.29, 0.717) is 31.5 Å². The van der Waals surface area contributed by atoms with E-state index >= 15 is 0 Å². The van der Waals surface area contributed by atoms with Crippen LogP contribution in [-0.4, -0.2) is 40.9 Å². The molecule has 2 N–H and O–H groups in total. The Morgan fingerprint density at radius 3 is 2.61 bits per heavy atom. The summed E-state index contributed by atoms with van der Waals surface area (Å²) in [5.41, 5.74) is 4.97. The summed E-state index contributed by atoms with van der Waals surface area (Å²) in [6.07, 6.45) is 2.57. The number of carbonyl (C=O) groups is 3. The van der Waals surface area contributed by atoms with Gasteiger partial charge in [0.15, 0.2) is 0 Å². The number of likely N-dealkylation sites (tertiary alicyclic amines) is 1. The summed E-state index contributed by atoms with van der Waals surface area (Å²) in [5, 5.41) is 7.05. The quantitative estimate of drug-likeness (QED) is 0.802. The van der Waals surface area contributed by atoms with Crippen LogP contribution >= 0.6 is 0 Å². The summed E-state index contributed by atoms with van der Waals surface area (Å²) in [5.74, 6) is -0.410. The van der Waals surface area contributed by atoms with E-state index in [-0.39, 0.29) is 30.2 Å². The summed E-state index contributed by atoms with van der Waals surface area (Å²) in [6.45, 7) is 0.479. The molecular formula is C24H24N4O3. The van der Waals surface area contributed by atoms with E-state index in [1.807, 2.05) is 42.5 Å². The molecule has 2 aromatic carbocycles. The van der Waals surface area contributed by atoms with E-state index in [9.17, 15) is 14.4 Å². The normalized spacial score (nSPS) is 24.6. The Hall–Kier alpha value is -3.48. The highest BCUT2D eigenvalue weighted by atomic mass is 16.2. The monoisotopic (exact) mass is 416 g/mol. The molecule has 3 aliphatic rings. The second-order valence-corrected chi connectivity index (χ2v) is 8.35. The van der Waals surface area contributed by atoms with Gasteiger partial charge in [0, 0.05) is 25.1 Å². The van der Waals surface area contributed by atoms with Crippen LogP contribution in [0.25, 0.3) is 0 Å². The number of benzene rings is 2. The van der Waals surface area contributed by atoms with Crippen LogP contribution in [0.5, 0.6) is 0 Å². The van der Waals surface area contributed by atoms with Crippen LogP contribution in [-0.2, 0) is 26.2 Å². The number of para-hydroxylation sites is 1. The zero-order chi connectivity index (χ0) is 21.4. The lowest BCUT2D eigenvalue weighted by Crippen LogP contribution is -2.51. The van der Waals surface area contributed by atoms with Gasteiger partial charge in [-0.2, -0.15) is 5.10 Å². The first kappa shape index (κ1) is 19.5. The SMILES string of the molecule is O=C1CCC(C(=O)N2CC[C@@]3(C(=O)Nc4ccccc43)[C@@H]2CCc2ccccc2)=NN1. The maximum Gasteiger partial charge on any atom is 0.270 e. The average molecular weight is 416 g/mol. The Balaban J connectivity index is 1.51. The third-order valence-corrected chi connectivity index (χ3v) is 6.71. The van der Waals surface area contributed by atoms with Crippen molar-refractivity contribution in [3.63, 3.8) is 0 Å². The number of nitrogens with zero attached hydrogens (tertiary/aromatic N) is 2. The van der Waals surface area contributed by atoms with E-state index in [1.54, 1.807) is 4.90 Å². The number of anilines is 1. The molecule has 3 heterocycles. The molecule has 31 heavy (non-hydrogen) atoms. The predicted octanol–water partition coefficient (Wildman–Crippen LogP) is 2.38. The lowest BCUT2D eigenvalue weighted by atomic mass is 9.73. The number of nitrogens with one attached hydrogen (secondary N) is 2. The van der Waals surface area contributed by atoms with Crippen molar-refractivity contribution in [1.82, 2.24) is 10.3 Å². The molecule has 0 unspecified atom stereocenters. The fourth-order valence-electron chi connectivity index (χ4n) is 5.19. The first-order valence-electron chi connectivity index (χ1n) is 10.7. The maximum absolute atomic E-state index is 13.4. The van der Waals surface area contributed by atoms with Gasteiger partial charge in [0.05, 0.1) is 11.5 Å². The molecule has 1 spiro atoms. The lowest BCUT2D eigenvalue weighted by Gasteiger charge is -2.34. The molecule has 5 rings (SSSR count). The van der Waals surface area contributed by atoms with Crippen molar-refractivity contribution in [2.24, 2.45) is 5.10 Å². The molecule has 2 atom stereocenters. The molecule has 0 radical (unpaired) electrons. The first-order valence-corrected chi connectivity index (χ1v) is 10.7. The summed E-state index contributed by atoms with van der Waals surface area (Å²) in [4.78, 5) is 40.0. The van der Waals surface area contributed by atoms with Crippen LogP contribution in [0.3, 0.4) is 0 Å². The zero-order valence-electron chi connectivity index (χ0n) is 17.1. The number of fused-ring (bicyclic) bond motifs is 2. The first-order chi connectivity index (χ1) is 15.1. The van der Waals surface area contributed by atoms with Crippen molar-refractivity contribution in [3.8, 4) is 0 Å². The highest BCUT2D eigenvalue weighted by Gasteiger charge is 2.58. The van der Waals surface area contributed by atoms with Gasteiger partial charge in [0.25, 0.3) is 5.91 Å². The molecule has 0 bridgehead atoms. The molecule has 0 saturated carbocycles. The minimum Gasteiger partial charge on any atom is -0.333 e. The standard InChI is InChI=1S/C24H24N4O3/c29-21-13-11-19(26-27-21)22(30)28-15-14-24(17-8-4-5-9-18(17)25-23(24)31)20(28)12-10-16-6-2-1-3-7-16/h1-9,20H,10-15H2,(H,25,31)(H,27,29)/t20-,24-/m0/s1. The van der Waals surface area contributed by atoms with E-state index in [0.717, 1.165) is 17.7 Å². The van der Waals surface area contributed by atoms with Gasteiger partial charge in [-0.05, 0) is 36.5 Å². The molecule has 158 valence electrons. The third-order valence-electron chi connectivity index (χ3n) is 6.71. The lowest BCUT2D eigenvalue weighted by molar-refractivity contribution is -0.127. The minimum absolute atomic E-state index is 0.0408. The summed E-state index contributed by atoms with van der Waals surface area (Å²) in [6, 6.07) is 17.6. The third kappa shape index (κ3) is 3.21. The van der Waals surface area contributed by atoms with Crippen molar-refractivity contribution in [3.05, 3.63) is 65.7 Å². The Morgan fingerprint density at radius 2 is 1.84 bits per heavy atom. The van der Waals surface area contributed by atoms with Crippen LogP contribution in [0.2, 0.25) is 0 Å². The topological polar surface area (TPSA) is 90.9 Å². The van der Waals surface area contributed by atoms with Crippen LogP contribution in [0.1, 0.15) is 36.8 Å². The zero-order valence-corrected chi connectivity index (χ0v) is 17.1. The number of hydrogen-bond donors (Lipinski definition) is 2. The second-order valence-electron chi connectivity index (χ2n) is 8.35. The number of aryl methyl sites for hydroxylation is 1. The molecule has 0 aliphatic carbocycles. The molecule has 7 heteroatoms. The summed E-state index contributed by atoms with van der Waals surface area (Å²) >= 11 is 0. The second kappa shape index (κ2) is 7.65. The van der Waals surface area contributed by atoms with E-state index < -0.39 is 5.41 Å². The van der Waals surface area contributed by atoms with Crippen LogP contribution in [0, 0.1) is 0 Å². The van der Waals surface area contributed by atoms with Crippen LogP contribution in [0.4, 0.5) is 5.69 Å². The average Bonchev–Trinajstić information content (AvgIpc) is 3.32. The Kier molecular flexibility index (Phi) is 4.81. The fourth-order valence-corrected chi connectivity index (χ4v) is 5.19. The van der Waals surface area contributed by atoms with Gasteiger partial charge in [-0.1, -0.05) is 48.5 Å². The van der Waals surface area contributed by atoms with Gasteiger partial charge in [0.1, 0.15) is 5.71 Å². The smallest absolute Gasteiger partial charge is 0.270 e. The van der Waals surface area contributed by atoms with Gasteiger partial charge >= 0.3 is 0 Å². The van der Waals surface area contributed by atoms with Crippen LogP contribution in [0.15, 0.2) is 59.7 Å². The van der Waals surface area contributed by atoms with Gasteiger partial charge in [-0.15, -0.1) is 0 Å². The predicted molar refractivity (Wildman–Crippen MR) is 116 cm³/mol. The number of rotatable bonds is 4. The van der Waals surface area contributed by atoms with Crippen molar-refractivity contribution >= 4 is 29.1 Å². The fraction of sp³-hybridized carbons (Fsp3) is 0.333. The molecular weight excluding hydrogens is 392 g/mol. The Morgan fingerprint density at radius 1 is 1.06 bits per heavy atom. The van der Waals surface area contributed by atoms with Crippen molar-refractivity contribution in [2.75, 3.05) is 11.9 Å². The van der Waals surface area contributed by atoms with Gasteiger partial charge in [-0.25, -0.2) is 5.43 Å². The molecule has 0 aromatic heterocycles. The van der Waals surface area contributed by atoms with Gasteiger partial charge in [0.2, 0.25) is 11.8 Å². The maximum atomic E-state index is 13.4. The van der Waals surface area contributed by atoms with Gasteiger partial charge in [-0.3, -0.25) is 14.4 Å². The van der Waals surface area contributed by atoms with Crippen molar-refractivity contribution in [1.29, 1.82) is 0 Å². The summed E-state index contributed by atoms with van der Waals surface area (Å²) < 4.78 is 0. The molecule has 1 fully saturated rings. The molecule has 3 amide bonds. The minimum atomic E-state index is -0.764. The van der Waals surface area contributed by atoms with E-state index in [1.165, 1.54) is 5.56 Å². The Labute approximate surface area is 180 Å². The number of hydrazone groups is 1. The van der Waals surface area contributed by atoms with Crippen molar-refractivity contribution < 1.29 is 14.4 Å². The Bertz CT molecular complexity index is 1080. The van der Waals surface area contributed by atoms with E-state index in [4.69, 9.17) is 0 Å². The molecule has 2 aromatic rings. The van der Waals surface area contributed by atoms with Crippen molar-refractivity contribution in [2.45, 2.75) is 43.6 Å². The molecule has 7 nitrogen and oxygen atoms in total. The summed E-state index contributed by atoms with van der Waals surface area (Å²) in [7, 11) is 0. The van der Waals surface area contributed by atoms with E-state index in [2.05, 4.69) is 28.0 Å². The van der Waals surface area contributed by atoms with Gasteiger partial charge < -0.3 is 10.2 Å². The van der Waals surface area contributed by atoms with Crippen LogP contribution < -0.4 is 10.7 Å². The highest BCUT2D eigenvalue weighted by Crippen LogP contribution is 2.49. The number of carbonyl (C=O) groups excluding carboxylic acids is 3. The number of amides is 3. The largest absolute Gasteiger partial charge is 0.333 e. The molecule has 1 saturated heterocycles.